The van der Waals surface area contributed by atoms with Crippen molar-refractivity contribution in [1.82, 2.24) is 25.9 Å². The van der Waals surface area contributed by atoms with Crippen LogP contribution in [0.25, 0.3) is 0 Å². The van der Waals surface area contributed by atoms with Gasteiger partial charge in [0.15, 0.2) is 0 Å². The van der Waals surface area contributed by atoms with Gasteiger partial charge in [0.05, 0.1) is 0 Å². The van der Waals surface area contributed by atoms with E-state index >= 15 is 0 Å². The summed E-state index contributed by atoms with van der Waals surface area (Å²) in [5, 5.41) is 15.6. The van der Waals surface area contributed by atoms with E-state index in [1.807, 2.05) is 0 Å². The van der Waals surface area contributed by atoms with Gasteiger partial charge in [0, 0.05) is 6.54 Å². The quantitative estimate of drug-likeness (QED) is 0.625. The van der Waals surface area contributed by atoms with Crippen molar-refractivity contribution in [3.63, 3.8) is 0 Å². The normalized spacial score (nSPS) is 10.5. The molecule has 0 unspecified atom stereocenters. The molecule has 2 N–H and O–H groups in total. The SMILES string of the molecule is CCCCCCCCCCNC(=O)c1nn[nH]n1. The number of H-pyrrole nitrogens is 1. The molecule has 0 saturated heterocycles. The average Bonchev–Trinajstić information content (AvgIpc) is 2.90. The molecule has 0 aliphatic carbocycles. The second-order valence-electron chi connectivity index (χ2n) is 4.47. The van der Waals surface area contributed by atoms with E-state index in [4.69, 9.17) is 0 Å². The van der Waals surface area contributed by atoms with E-state index in [1.165, 1.54) is 44.9 Å². The summed E-state index contributed by atoms with van der Waals surface area (Å²) in [6.07, 6.45) is 10.1. The fraction of sp³-hybridized carbons (Fsp3) is 0.833. The summed E-state index contributed by atoms with van der Waals surface area (Å²) < 4.78 is 0. The van der Waals surface area contributed by atoms with Crippen LogP contribution < -0.4 is 5.32 Å². The molecule has 0 aliphatic heterocycles. The van der Waals surface area contributed by atoms with Crippen LogP contribution in [0.1, 0.15) is 68.9 Å². The largest absolute Gasteiger partial charge is 0.349 e. The maximum absolute atomic E-state index is 11.4. The van der Waals surface area contributed by atoms with Crippen molar-refractivity contribution in [2.75, 3.05) is 6.54 Å². The third-order valence-electron chi connectivity index (χ3n) is 2.86. The van der Waals surface area contributed by atoms with Crippen LogP contribution in [0.2, 0.25) is 0 Å². The Balaban J connectivity index is 1.88. The summed E-state index contributed by atoms with van der Waals surface area (Å²) in [6, 6.07) is 0. The Morgan fingerprint density at radius 2 is 1.78 bits per heavy atom. The number of hydrogen-bond donors (Lipinski definition) is 2. The first-order valence-corrected chi connectivity index (χ1v) is 6.86. The summed E-state index contributed by atoms with van der Waals surface area (Å²) >= 11 is 0. The lowest BCUT2D eigenvalue weighted by Gasteiger charge is -2.02. The van der Waals surface area contributed by atoms with Gasteiger partial charge in [-0.05, 0) is 11.6 Å². The van der Waals surface area contributed by atoms with Crippen LogP contribution in [0.3, 0.4) is 0 Å². The number of hydrogen-bond acceptors (Lipinski definition) is 4. The van der Waals surface area contributed by atoms with Gasteiger partial charge in [-0.3, -0.25) is 4.79 Å². The van der Waals surface area contributed by atoms with Gasteiger partial charge in [-0.25, -0.2) is 0 Å². The smallest absolute Gasteiger partial charge is 0.292 e. The van der Waals surface area contributed by atoms with Crippen LogP contribution in [-0.2, 0) is 0 Å². The fourth-order valence-electron chi connectivity index (χ4n) is 1.80. The van der Waals surface area contributed by atoms with Crippen LogP contribution in [-0.4, -0.2) is 33.1 Å². The number of aromatic nitrogens is 4. The zero-order chi connectivity index (χ0) is 13.1. The maximum atomic E-state index is 11.4. The molecule has 1 aromatic rings. The number of rotatable bonds is 10. The molecule has 0 saturated carbocycles. The Hall–Kier alpha value is -1.46. The lowest BCUT2D eigenvalue weighted by atomic mass is 10.1. The molecular formula is C12H23N5O. The first kappa shape index (κ1) is 14.6. The van der Waals surface area contributed by atoms with E-state index in [0.717, 1.165) is 6.42 Å². The van der Waals surface area contributed by atoms with Crippen LogP contribution in [0.4, 0.5) is 0 Å². The molecule has 0 bridgehead atoms. The second kappa shape index (κ2) is 9.56. The minimum atomic E-state index is -0.258. The van der Waals surface area contributed by atoms with Crippen molar-refractivity contribution in [2.24, 2.45) is 0 Å². The lowest BCUT2D eigenvalue weighted by molar-refractivity contribution is 0.0942. The minimum absolute atomic E-state index is 0.106. The highest BCUT2D eigenvalue weighted by molar-refractivity contribution is 5.89. The molecule has 6 heteroatoms. The highest BCUT2D eigenvalue weighted by Gasteiger charge is 2.08. The van der Waals surface area contributed by atoms with Crippen molar-refractivity contribution < 1.29 is 4.79 Å². The van der Waals surface area contributed by atoms with Crippen molar-refractivity contribution in [1.29, 1.82) is 0 Å². The molecule has 1 heterocycles. The van der Waals surface area contributed by atoms with E-state index < -0.39 is 0 Å². The minimum Gasteiger partial charge on any atom is -0.349 e. The Morgan fingerprint density at radius 1 is 1.11 bits per heavy atom. The Morgan fingerprint density at radius 3 is 2.39 bits per heavy atom. The van der Waals surface area contributed by atoms with E-state index in [9.17, 15) is 4.79 Å². The molecule has 1 rings (SSSR count). The van der Waals surface area contributed by atoms with Gasteiger partial charge in [-0.1, -0.05) is 51.9 Å². The fourth-order valence-corrected chi connectivity index (χ4v) is 1.80. The average molecular weight is 253 g/mol. The second-order valence-corrected chi connectivity index (χ2v) is 4.47. The predicted molar refractivity (Wildman–Crippen MR) is 69.1 cm³/mol. The van der Waals surface area contributed by atoms with Crippen LogP contribution in [0.5, 0.6) is 0 Å². The molecule has 0 fully saturated rings. The molecule has 0 radical (unpaired) electrons. The van der Waals surface area contributed by atoms with Crippen molar-refractivity contribution >= 4 is 5.91 Å². The van der Waals surface area contributed by atoms with Crippen LogP contribution >= 0.6 is 0 Å². The topological polar surface area (TPSA) is 83.6 Å². The van der Waals surface area contributed by atoms with Crippen molar-refractivity contribution in [2.45, 2.75) is 58.3 Å². The molecule has 0 spiro atoms. The van der Waals surface area contributed by atoms with E-state index in [-0.39, 0.29) is 11.7 Å². The van der Waals surface area contributed by atoms with Crippen molar-refractivity contribution in [3.8, 4) is 0 Å². The monoisotopic (exact) mass is 253 g/mol. The highest BCUT2D eigenvalue weighted by Crippen LogP contribution is 2.07. The number of aromatic amines is 1. The van der Waals surface area contributed by atoms with Gasteiger partial charge < -0.3 is 5.32 Å². The van der Waals surface area contributed by atoms with Crippen LogP contribution in [0.15, 0.2) is 0 Å². The van der Waals surface area contributed by atoms with Gasteiger partial charge in [0.1, 0.15) is 0 Å². The molecule has 0 atom stereocenters. The molecule has 6 nitrogen and oxygen atoms in total. The van der Waals surface area contributed by atoms with Gasteiger partial charge in [-0.15, -0.1) is 10.2 Å². The van der Waals surface area contributed by atoms with Gasteiger partial charge >= 0.3 is 0 Å². The highest BCUT2D eigenvalue weighted by atomic mass is 16.2. The molecule has 1 amide bonds. The molecule has 18 heavy (non-hydrogen) atoms. The van der Waals surface area contributed by atoms with Gasteiger partial charge in [0.25, 0.3) is 11.7 Å². The van der Waals surface area contributed by atoms with Crippen LogP contribution in [0, 0.1) is 0 Å². The molecule has 1 aromatic heterocycles. The third-order valence-corrected chi connectivity index (χ3v) is 2.86. The lowest BCUT2D eigenvalue weighted by Crippen LogP contribution is -2.25. The first-order chi connectivity index (χ1) is 8.84. The summed E-state index contributed by atoms with van der Waals surface area (Å²) in [5.74, 6) is -0.152. The summed E-state index contributed by atoms with van der Waals surface area (Å²) in [5.41, 5.74) is 0. The third kappa shape index (κ3) is 6.32. The number of nitrogens with zero attached hydrogens (tertiary/aromatic N) is 3. The van der Waals surface area contributed by atoms with Gasteiger partial charge in [-0.2, -0.15) is 5.21 Å². The number of carbonyl (C=O) groups excluding carboxylic acids is 1. The standard InChI is InChI=1S/C12H23N5O/c1-2-3-4-5-6-7-8-9-10-13-12(18)11-14-16-17-15-11/h2-10H2,1H3,(H,13,18)(H,14,15,16,17). The van der Waals surface area contributed by atoms with E-state index in [1.54, 1.807) is 0 Å². The molecule has 0 aromatic carbocycles. The number of amides is 1. The van der Waals surface area contributed by atoms with E-state index in [0.29, 0.717) is 6.54 Å². The zero-order valence-electron chi connectivity index (χ0n) is 11.1. The first-order valence-electron chi connectivity index (χ1n) is 6.86. The van der Waals surface area contributed by atoms with Crippen molar-refractivity contribution in [3.05, 3.63) is 5.82 Å². The Kier molecular flexibility index (Phi) is 7.75. The molecular weight excluding hydrogens is 230 g/mol. The predicted octanol–water partition coefficient (Wildman–Crippen LogP) is 2.07. The Labute approximate surface area is 108 Å². The molecule has 102 valence electrons. The number of carbonyl (C=O) groups is 1. The Bertz CT molecular complexity index is 312. The number of nitrogens with one attached hydrogen (secondary N) is 2. The zero-order valence-corrected chi connectivity index (χ0v) is 11.1. The number of tetrazole rings is 1. The van der Waals surface area contributed by atoms with E-state index in [2.05, 4.69) is 32.9 Å². The van der Waals surface area contributed by atoms with Gasteiger partial charge in [0.2, 0.25) is 0 Å². The number of unbranched alkanes of at least 4 members (excludes halogenated alkanes) is 7. The maximum Gasteiger partial charge on any atom is 0.292 e. The summed E-state index contributed by atoms with van der Waals surface area (Å²) in [4.78, 5) is 11.4. The summed E-state index contributed by atoms with van der Waals surface area (Å²) in [6.45, 7) is 2.91. The summed E-state index contributed by atoms with van der Waals surface area (Å²) in [7, 11) is 0. The molecule has 0 aliphatic rings.